The van der Waals surface area contributed by atoms with Crippen LogP contribution in [0, 0.1) is 5.92 Å². The average molecular weight is 591 g/mol. The molecule has 2 amide bonds. The van der Waals surface area contributed by atoms with E-state index in [1.807, 2.05) is 66.7 Å². The molecule has 1 heterocycles. The van der Waals surface area contributed by atoms with E-state index >= 15 is 0 Å². The second-order valence-electron chi connectivity index (χ2n) is 10.8. The topological polar surface area (TPSA) is 96.9 Å². The number of benzene rings is 3. The van der Waals surface area contributed by atoms with Crippen LogP contribution in [0.15, 0.2) is 83.8 Å². The third-order valence-corrected chi connectivity index (χ3v) is 8.58. The first-order valence-electron chi connectivity index (χ1n) is 14.7. The van der Waals surface area contributed by atoms with E-state index in [1.165, 1.54) is 11.8 Å². The SMILES string of the molecule is CC(=O)NCCCCCC(=O)NCc1ccc([C@H]2O[C@@H](CSc3ccccc3)[C@@H](C)[C@@H](c3ccc(CO)cc3)O2)cc1. The molecule has 0 bridgehead atoms. The van der Waals surface area contributed by atoms with E-state index in [9.17, 15) is 14.7 Å². The summed E-state index contributed by atoms with van der Waals surface area (Å²) >= 11 is 1.78. The fourth-order valence-electron chi connectivity index (χ4n) is 4.94. The van der Waals surface area contributed by atoms with E-state index in [-0.39, 0.29) is 36.5 Å². The predicted octanol–water partition coefficient (Wildman–Crippen LogP) is 6.08. The van der Waals surface area contributed by atoms with Crippen molar-refractivity contribution in [2.45, 2.75) is 76.1 Å². The molecule has 42 heavy (non-hydrogen) atoms. The zero-order valence-electron chi connectivity index (χ0n) is 24.5. The summed E-state index contributed by atoms with van der Waals surface area (Å²) in [5.74, 6) is 0.927. The van der Waals surface area contributed by atoms with Crippen LogP contribution >= 0.6 is 11.8 Å². The molecule has 0 saturated carbocycles. The largest absolute Gasteiger partial charge is 0.392 e. The molecule has 0 spiro atoms. The molecule has 224 valence electrons. The summed E-state index contributed by atoms with van der Waals surface area (Å²) in [5, 5.41) is 15.3. The van der Waals surface area contributed by atoms with E-state index in [0.717, 1.165) is 47.3 Å². The fraction of sp³-hybridized carbons (Fsp3) is 0.412. The molecular weight excluding hydrogens is 548 g/mol. The van der Waals surface area contributed by atoms with Gasteiger partial charge in [0.1, 0.15) is 0 Å². The Morgan fingerprint density at radius 1 is 0.833 bits per heavy atom. The van der Waals surface area contributed by atoms with Gasteiger partial charge in [-0.3, -0.25) is 9.59 Å². The highest BCUT2D eigenvalue weighted by atomic mass is 32.2. The molecule has 1 aliphatic heterocycles. The number of nitrogens with one attached hydrogen (secondary N) is 2. The molecule has 0 aromatic heterocycles. The van der Waals surface area contributed by atoms with Crippen molar-refractivity contribution in [3.8, 4) is 0 Å². The Labute approximate surface area is 253 Å². The van der Waals surface area contributed by atoms with Crippen LogP contribution in [0.1, 0.15) is 74.2 Å². The molecule has 7 nitrogen and oxygen atoms in total. The van der Waals surface area contributed by atoms with Gasteiger partial charge in [0.2, 0.25) is 11.8 Å². The first-order chi connectivity index (χ1) is 20.4. The summed E-state index contributed by atoms with van der Waals surface area (Å²) in [6.45, 7) is 4.81. The number of ether oxygens (including phenoxy) is 2. The molecular formula is C34H42N2O5S. The van der Waals surface area contributed by atoms with Crippen molar-refractivity contribution in [2.24, 2.45) is 5.92 Å². The van der Waals surface area contributed by atoms with Gasteiger partial charge in [0.15, 0.2) is 6.29 Å². The molecule has 8 heteroatoms. The number of hydrogen-bond donors (Lipinski definition) is 3. The predicted molar refractivity (Wildman–Crippen MR) is 166 cm³/mol. The third kappa shape index (κ3) is 9.70. The van der Waals surface area contributed by atoms with Crippen molar-refractivity contribution in [2.75, 3.05) is 12.3 Å². The van der Waals surface area contributed by atoms with Crippen LogP contribution in [0.2, 0.25) is 0 Å². The molecule has 3 aromatic rings. The first-order valence-corrected chi connectivity index (χ1v) is 15.7. The van der Waals surface area contributed by atoms with Crippen molar-refractivity contribution in [1.29, 1.82) is 0 Å². The third-order valence-electron chi connectivity index (χ3n) is 7.48. The van der Waals surface area contributed by atoms with Gasteiger partial charge < -0.3 is 25.2 Å². The van der Waals surface area contributed by atoms with Crippen molar-refractivity contribution in [1.82, 2.24) is 10.6 Å². The minimum Gasteiger partial charge on any atom is -0.392 e. The molecule has 0 radical (unpaired) electrons. The number of rotatable bonds is 14. The zero-order valence-corrected chi connectivity index (χ0v) is 25.3. The van der Waals surface area contributed by atoms with Gasteiger partial charge in [-0.1, -0.05) is 80.1 Å². The maximum absolute atomic E-state index is 12.3. The van der Waals surface area contributed by atoms with Gasteiger partial charge in [-0.25, -0.2) is 0 Å². The summed E-state index contributed by atoms with van der Waals surface area (Å²) < 4.78 is 13.1. The maximum Gasteiger partial charge on any atom is 0.220 e. The summed E-state index contributed by atoms with van der Waals surface area (Å²) in [6, 6.07) is 26.3. The highest BCUT2D eigenvalue weighted by molar-refractivity contribution is 7.99. The number of amides is 2. The lowest BCUT2D eigenvalue weighted by molar-refractivity contribution is -0.268. The van der Waals surface area contributed by atoms with Crippen molar-refractivity contribution in [3.05, 3.63) is 101 Å². The maximum atomic E-state index is 12.3. The smallest absolute Gasteiger partial charge is 0.220 e. The molecule has 1 aliphatic rings. The number of carbonyl (C=O) groups is 2. The molecule has 3 N–H and O–H groups in total. The van der Waals surface area contributed by atoms with Crippen LogP contribution in [0.4, 0.5) is 0 Å². The Bertz CT molecular complexity index is 1250. The van der Waals surface area contributed by atoms with Gasteiger partial charge in [-0.2, -0.15) is 0 Å². The second kappa shape index (κ2) is 16.5. The van der Waals surface area contributed by atoms with E-state index in [1.54, 1.807) is 11.8 Å². The Morgan fingerprint density at radius 3 is 2.21 bits per heavy atom. The molecule has 0 aliphatic carbocycles. The summed E-state index contributed by atoms with van der Waals surface area (Å²) in [5.41, 5.74) is 3.88. The van der Waals surface area contributed by atoms with Gasteiger partial charge in [0.05, 0.1) is 18.8 Å². The van der Waals surface area contributed by atoms with Gasteiger partial charge >= 0.3 is 0 Å². The first kappa shape index (κ1) is 31.8. The Balaban J connectivity index is 1.35. The number of thioether (sulfide) groups is 1. The van der Waals surface area contributed by atoms with Gasteiger partial charge in [0.25, 0.3) is 0 Å². The normalized spacial score (nSPS) is 20.2. The van der Waals surface area contributed by atoms with Crippen LogP contribution in [-0.2, 0) is 32.2 Å². The van der Waals surface area contributed by atoms with Crippen LogP contribution in [-0.4, -0.2) is 35.3 Å². The van der Waals surface area contributed by atoms with Crippen molar-refractivity contribution < 1.29 is 24.2 Å². The quantitative estimate of drug-likeness (QED) is 0.156. The molecule has 4 rings (SSSR count). The van der Waals surface area contributed by atoms with Gasteiger partial charge in [-0.05, 0) is 41.7 Å². The van der Waals surface area contributed by atoms with E-state index in [2.05, 4.69) is 29.7 Å². The van der Waals surface area contributed by atoms with Crippen molar-refractivity contribution >= 4 is 23.6 Å². The van der Waals surface area contributed by atoms with Crippen LogP contribution in [0.5, 0.6) is 0 Å². The van der Waals surface area contributed by atoms with E-state index in [0.29, 0.717) is 19.5 Å². The highest BCUT2D eigenvalue weighted by Crippen LogP contribution is 2.43. The zero-order chi connectivity index (χ0) is 29.7. The average Bonchev–Trinajstić information content (AvgIpc) is 3.02. The lowest BCUT2D eigenvalue weighted by Crippen LogP contribution is -2.38. The number of hydrogen-bond acceptors (Lipinski definition) is 6. The highest BCUT2D eigenvalue weighted by Gasteiger charge is 2.38. The van der Waals surface area contributed by atoms with E-state index in [4.69, 9.17) is 9.47 Å². The summed E-state index contributed by atoms with van der Waals surface area (Å²) in [4.78, 5) is 24.4. The van der Waals surface area contributed by atoms with Gasteiger partial charge in [-0.15, -0.1) is 11.8 Å². The fourth-order valence-corrected chi connectivity index (χ4v) is 6.03. The number of unbranched alkanes of at least 4 members (excludes halogenated alkanes) is 2. The molecule has 4 atom stereocenters. The standard InChI is InChI=1S/C34H42N2O5S/c1-24-31(23-42-30-9-5-3-6-10-30)40-34(41-33(24)28-16-14-27(22-37)15-17-28)29-18-12-26(13-19-29)21-36-32(39)11-7-4-8-20-35-25(2)38/h3,5-6,9-10,12-19,24,31,33-34,37H,4,7-8,11,20-23H2,1-2H3,(H,35,38)(H,36,39)/t24-,31+,33+,34+/m1/s1. The number of aliphatic hydroxyl groups is 1. The molecule has 0 unspecified atom stereocenters. The van der Waals surface area contributed by atoms with Crippen LogP contribution in [0.25, 0.3) is 0 Å². The van der Waals surface area contributed by atoms with Gasteiger partial charge in [0, 0.05) is 48.6 Å². The summed E-state index contributed by atoms with van der Waals surface area (Å²) in [6.07, 6.45) is 2.34. The number of carbonyl (C=O) groups excluding carboxylic acids is 2. The van der Waals surface area contributed by atoms with E-state index < -0.39 is 6.29 Å². The monoisotopic (exact) mass is 590 g/mol. The molecule has 1 saturated heterocycles. The Hall–Kier alpha value is -3.17. The minimum atomic E-state index is -0.522. The van der Waals surface area contributed by atoms with Crippen LogP contribution < -0.4 is 10.6 Å². The molecule has 1 fully saturated rings. The van der Waals surface area contributed by atoms with Crippen molar-refractivity contribution in [3.63, 3.8) is 0 Å². The Kier molecular flexibility index (Phi) is 12.4. The van der Waals surface area contributed by atoms with Crippen LogP contribution in [0.3, 0.4) is 0 Å². The molecule has 3 aromatic carbocycles. The summed E-state index contributed by atoms with van der Waals surface area (Å²) in [7, 11) is 0. The Morgan fingerprint density at radius 2 is 1.52 bits per heavy atom. The lowest BCUT2D eigenvalue weighted by atomic mass is 9.91. The number of aliphatic hydroxyl groups excluding tert-OH is 1. The minimum absolute atomic E-state index is 0.0101. The lowest BCUT2D eigenvalue weighted by Gasteiger charge is -2.41. The second-order valence-corrected chi connectivity index (χ2v) is 11.9.